The Balaban J connectivity index is 1.36. The van der Waals surface area contributed by atoms with Crippen LogP contribution < -0.4 is 23.7 Å². The van der Waals surface area contributed by atoms with Gasteiger partial charge in [-0.25, -0.2) is 0 Å². The lowest BCUT2D eigenvalue weighted by molar-refractivity contribution is 0.0343. The van der Waals surface area contributed by atoms with E-state index in [0.717, 1.165) is 42.8 Å². The molecule has 0 spiro atoms. The molecule has 8 nitrogen and oxygen atoms in total. The summed E-state index contributed by atoms with van der Waals surface area (Å²) in [6.07, 6.45) is 1.75. The topological polar surface area (TPSA) is 86.3 Å². The summed E-state index contributed by atoms with van der Waals surface area (Å²) in [6.45, 7) is 5.51. The zero-order valence-corrected chi connectivity index (χ0v) is 22.6. The van der Waals surface area contributed by atoms with Crippen molar-refractivity contribution in [3.8, 4) is 23.0 Å². The number of benzene rings is 3. The second-order valence-corrected chi connectivity index (χ2v) is 11.3. The molecule has 0 aliphatic carbocycles. The maximum atomic E-state index is 13.0. The largest absolute Gasteiger partial charge is 0.496 e. The maximum Gasteiger partial charge on any atom is 0.339 e. The van der Waals surface area contributed by atoms with Crippen LogP contribution in [-0.2, 0) is 16.7 Å². The van der Waals surface area contributed by atoms with Crippen LogP contribution in [0.25, 0.3) is 0 Å². The summed E-state index contributed by atoms with van der Waals surface area (Å²) in [4.78, 5) is 2.51. The Labute approximate surface area is 224 Å². The number of fused-ring (bicyclic) bond motifs is 1. The highest BCUT2D eigenvalue weighted by molar-refractivity contribution is 7.87. The fourth-order valence-corrected chi connectivity index (χ4v) is 5.90. The Morgan fingerprint density at radius 2 is 1.71 bits per heavy atom. The molecule has 202 valence electrons. The van der Waals surface area contributed by atoms with Gasteiger partial charge in [-0.1, -0.05) is 42.0 Å². The third-order valence-corrected chi connectivity index (χ3v) is 8.24. The molecule has 0 amide bonds. The summed E-state index contributed by atoms with van der Waals surface area (Å²) < 4.78 is 49.5. The smallest absolute Gasteiger partial charge is 0.339 e. The first-order valence-corrected chi connectivity index (χ1v) is 14.3. The van der Waals surface area contributed by atoms with Crippen molar-refractivity contribution in [1.29, 1.82) is 0 Å². The van der Waals surface area contributed by atoms with Crippen molar-refractivity contribution in [2.24, 2.45) is 0 Å². The van der Waals surface area contributed by atoms with E-state index < -0.39 is 10.1 Å². The van der Waals surface area contributed by atoms with Gasteiger partial charge in [-0.3, -0.25) is 4.90 Å². The van der Waals surface area contributed by atoms with Crippen molar-refractivity contribution in [3.05, 3.63) is 77.9 Å². The number of piperidine rings is 1. The second kappa shape index (κ2) is 11.6. The van der Waals surface area contributed by atoms with Crippen LogP contribution in [0.3, 0.4) is 0 Å². The first-order valence-electron chi connectivity index (χ1n) is 12.9. The quantitative estimate of drug-likeness (QED) is 0.407. The van der Waals surface area contributed by atoms with Crippen LogP contribution in [0.2, 0.25) is 0 Å². The van der Waals surface area contributed by atoms with Crippen LogP contribution in [0.4, 0.5) is 0 Å². The van der Waals surface area contributed by atoms with Crippen molar-refractivity contribution in [3.63, 3.8) is 0 Å². The number of hydrogen-bond donors (Lipinski definition) is 1. The number of hydrogen-bond acceptors (Lipinski definition) is 8. The van der Waals surface area contributed by atoms with Crippen LogP contribution in [0.15, 0.2) is 71.6 Å². The maximum absolute atomic E-state index is 13.0. The molecule has 9 heteroatoms. The number of aryl methyl sites for hydroxylation is 1. The molecule has 0 saturated carbocycles. The molecule has 1 fully saturated rings. The summed E-state index contributed by atoms with van der Waals surface area (Å²) in [5, 5.41) is 3.44. The third-order valence-electron chi connectivity index (χ3n) is 6.99. The van der Waals surface area contributed by atoms with Gasteiger partial charge in [0, 0.05) is 24.7 Å². The zero-order chi connectivity index (χ0) is 26.5. The molecule has 38 heavy (non-hydrogen) atoms. The number of nitrogens with zero attached hydrogens (tertiary/aromatic N) is 1. The van der Waals surface area contributed by atoms with E-state index in [4.69, 9.17) is 18.4 Å². The highest BCUT2D eigenvalue weighted by atomic mass is 32.2. The van der Waals surface area contributed by atoms with Crippen LogP contribution >= 0.6 is 0 Å². The molecule has 2 aliphatic rings. The van der Waals surface area contributed by atoms with Gasteiger partial charge in [0.05, 0.1) is 7.11 Å². The van der Waals surface area contributed by atoms with Gasteiger partial charge in [-0.15, -0.1) is 0 Å². The van der Waals surface area contributed by atoms with E-state index in [2.05, 4.69) is 16.3 Å². The van der Waals surface area contributed by atoms with Crippen molar-refractivity contribution in [2.45, 2.75) is 43.4 Å². The van der Waals surface area contributed by atoms with Gasteiger partial charge in [-0.2, -0.15) is 8.42 Å². The Morgan fingerprint density at radius 1 is 0.974 bits per heavy atom. The van der Waals surface area contributed by atoms with Gasteiger partial charge in [0.2, 0.25) is 5.75 Å². The molecule has 2 aliphatic heterocycles. The van der Waals surface area contributed by atoms with E-state index in [1.54, 1.807) is 37.4 Å². The number of para-hydroxylation sites is 2. The number of rotatable bonds is 9. The third kappa shape index (κ3) is 6.06. The summed E-state index contributed by atoms with van der Waals surface area (Å²) in [6, 6.07) is 20.0. The summed E-state index contributed by atoms with van der Waals surface area (Å²) >= 11 is 0. The van der Waals surface area contributed by atoms with Gasteiger partial charge >= 0.3 is 10.1 Å². The van der Waals surface area contributed by atoms with Crippen LogP contribution in [0, 0.1) is 6.92 Å². The number of nitrogens with one attached hydrogen (secondary N) is 1. The van der Waals surface area contributed by atoms with Crippen LogP contribution in [0.1, 0.15) is 24.0 Å². The SMILES string of the molecule is COc1ccccc1CN(CC1COc2cccc(OS(=O)(=O)c3ccc(C)cc3)c2O1)C1CCNCC1. The minimum atomic E-state index is -4.04. The van der Waals surface area contributed by atoms with Crippen molar-refractivity contribution in [1.82, 2.24) is 10.2 Å². The predicted octanol–water partition coefficient (Wildman–Crippen LogP) is 4.17. The van der Waals surface area contributed by atoms with E-state index in [-0.39, 0.29) is 16.7 Å². The molecular formula is C29H34N2O6S. The average molecular weight is 539 g/mol. The fraction of sp³-hybridized carbons (Fsp3) is 0.379. The first-order chi connectivity index (χ1) is 18.4. The fourth-order valence-electron chi connectivity index (χ4n) is 4.96. The van der Waals surface area contributed by atoms with E-state index in [1.807, 2.05) is 25.1 Å². The molecule has 3 aromatic rings. The molecule has 1 atom stereocenters. The summed E-state index contributed by atoms with van der Waals surface area (Å²) in [5.74, 6) is 1.75. The molecule has 0 bridgehead atoms. The lowest BCUT2D eigenvalue weighted by atomic mass is 10.0. The average Bonchev–Trinajstić information content (AvgIpc) is 2.94. The van der Waals surface area contributed by atoms with Crippen molar-refractivity contribution >= 4 is 10.1 Å². The van der Waals surface area contributed by atoms with E-state index in [0.29, 0.717) is 37.2 Å². The summed E-state index contributed by atoms with van der Waals surface area (Å²) in [5.41, 5.74) is 2.07. The molecular weight excluding hydrogens is 504 g/mol. The Kier molecular flexibility index (Phi) is 8.06. The standard InChI is InChI=1S/C29H34N2O6S/c1-21-10-12-25(13-11-21)38(32,33)37-28-9-5-8-27-29(28)36-24(20-35-27)19-31(23-14-16-30-17-15-23)18-22-6-3-4-7-26(22)34-2/h3-13,23-24,30H,14-20H2,1-2H3. The molecule has 1 saturated heterocycles. The predicted molar refractivity (Wildman–Crippen MR) is 145 cm³/mol. The van der Waals surface area contributed by atoms with E-state index in [1.165, 1.54) is 12.1 Å². The monoisotopic (exact) mass is 538 g/mol. The van der Waals surface area contributed by atoms with Gasteiger partial charge in [0.15, 0.2) is 11.5 Å². The lowest BCUT2D eigenvalue weighted by Crippen LogP contribution is -2.48. The molecule has 2 heterocycles. The normalized spacial score (nSPS) is 17.8. The Morgan fingerprint density at radius 3 is 2.47 bits per heavy atom. The van der Waals surface area contributed by atoms with Crippen LogP contribution in [0.5, 0.6) is 23.0 Å². The summed E-state index contributed by atoms with van der Waals surface area (Å²) in [7, 11) is -2.35. The molecule has 1 N–H and O–H groups in total. The molecule has 1 unspecified atom stereocenters. The van der Waals surface area contributed by atoms with Crippen LogP contribution in [-0.4, -0.2) is 58.8 Å². The highest BCUT2D eigenvalue weighted by Crippen LogP contribution is 2.41. The lowest BCUT2D eigenvalue weighted by Gasteiger charge is -2.38. The first kappa shape index (κ1) is 26.3. The zero-order valence-electron chi connectivity index (χ0n) is 21.8. The van der Waals surface area contributed by atoms with E-state index in [9.17, 15) is 8.42 Å². The Bertz CT molecular complexity index is 1340. The van der Waals surface area contributed by atoms with Crippen molar-refractivity contribution < 1.29 is 26.8 Å². The number of ether oxygens (including phenoxy) is 3. The van der Waals surface area contributed by atoms with Gasteiger partial charge < -0.3 is 23.7 Å². The highest BCUT2D eigenvalue weighted by Gasteiger charge is 2.31. The van der Waals surface area contributed by atoms with Crippen molar-refractivity contribution in [2.75, 3.05) is 33.4 Å². The number of methoxy groups -OCH3 is 1. The minimum Gasteiger partial charge on any atom is -0.496 e. The molecule has 5 rings (SSSR count). The molecule has 3 aromatic carbocycles. The van der Waals surface area contributed by atoms with Gasteiger partial charge in [-0.05, 0) is 63.2 Å². The van der Waals surface area contributed by atoms with E-state index >= 15 is 0 Å². The van der Waals surface area contributed by atoms with Gasteiger partial charge in [0.1, 0.15) is 23.4 Å². The molecule has 0 aromatic heterocycles. The van der Waals surface area contributed by atoms with Gasteiger partial charge in [0.25, 0.3) is 0 Å². The Hall–Kier alpha value is -3.27. The minimum absolute atomic E-state index is 0.0860. The second-order valence-electron chi connectivity index (χ2n) is 9.71. The molecule has 0 radical (unpaired) electrons.